The Labute approximate surface area is 146 Å². The molecule has 0 bridgehead atoms. The number of nitrogens with zero attached hydrogens (tertiary/aromatic N) is 4. The van der Waals surface area contributed by atoms with Crippen molar-refractivity contribution in [2.45, 2.75) is 44.9 Å². The van der Waals surface area contributed by atoms with Crippen LogP contribution in [0.25, 0.3) is 0 Å². The number of ether oxygens (including phenoxy) is 1. The van der Waals surface area contributed by atoms with Gasteiger partial charge in [-0.3, -0.25) is 9.58 Å². The lowest BCUT2D eigenvalue weighted by Gasteiger charge is -2.40. The maximum absolute atomic E-state index is 10.1. The molecule has 0 aromatic carbocycles. The molecular formula is C18H34N4O2. The van der Waals surface area contributed by atoms with Crippen LogP contribution in [0, 0.1) is 5.92 Å². The van der Waals surface area contributed by atoms with Crippen molar-refractivity contribution in [3.05, 3.63) is 18.0 Å². The van der Waals surface area contributed by atoms with E-state index in [0.29, 0.717) is 25.1 Å². The summed E-state index contributed by atoms with van der Waals surface area (Å²) < 4.78 is 7.39. The molecule has 6 nitrogen and oxygen atoms in total. The Bertz CT molecular complexity index is 491. The third kappa shape index (κ3) is 5.55. The van der Waals surface area contributed by atoms with Crippen LogP contribution in [-0.2, 0) is 11.8 Å². The van der Waals surface area contributed by atoms with Crippen LogP contribution in [-0.4, -0.2) is 77.2 Å². The van der Waals surface area contributed by atoms with Gasteiger partial charge in [0.15, 0.2) is 0 Å². The van der Waals surface area contributed by atoms with Gasteiger partial charge in [0.05, 0.1) is 25.0 Å². The van der Waals surface area contributed by atoms with Crippen molar-refractivity contribution >= 4 is 0 Å². The predicted octanol–water partition coefficient (Wildman–Crippen LogP) is 1.52. The summed E-state index contributed by atoms with van der Waals surface area (Å²) in [5.41, 5.74) is 1.29. The summed E-state index contributed by atoms with van der Waals surface area (Å²) >= 11 is 0. The maximum Gasteiger partial charge on any atom is 0.0900 e. The number of hydrogen-bond acceptors (Lipinski definition) is 5. The van der Waals surface area contributed by atoms with Gasteiger partial charge in [-0.1, -0.05) is 0 Å². The number of likely N-dealkylation sites (N-methyl/N-ethyl adjacent to an activating group) is 1. The van der Waals surface area contributed by atoms with E-state index in [2.05, 4.69) is 35.2 Å². The molecule has 6 heteroatoms. The van der Waals surface area contributed by atoms with E-state index in [1.165, 1.54) is 18.4 Å². The van der Waals surface area contributed by atoms with Crippen LogP contribution >= 0.6 is 0 Å². The van der Waals surface area contributed by atoms with Crippen molar-refractivity contribution in [1.82, 2.24) is 19.6 Å². The molecule has 0 radical (unpaired) electrons. The van der Waals surface area contributed by atoms with Crippen molar-refractivity contribution in [2.75, 3.05) is 40.3 Å². The topological polar surface area (TPSA) is 53.8 Å². The lowest BCUT2D eigenvalue weighted by molar-refractivity contribution is -0.0101. The summed E-state index contributed by atoms with van der Waals surface area (Å²) in [4.78, 5) is 4.68. The van der Waals surface area contributed by atoms with Gasteiger partial charge in [0.25, 0.3) is 0 Å². The molecule has 1 N–H and O–H groups in total. The second kappa shape index (κ2) is 8.94. The van der Waals surface area contributed by atoms with E-state index in [0.717, 1.165) is 13.1 Å². The lowest BCUT2D eigenvalue weighted by Crippen LogP contribution is -2.43. The first-order valence-electron chi connectivity index (χ1n) is 9.03. The lowest BCUT2D eigenvalue weighted by atomic mass is 9.85. The molecule has 2 rings (SSSR count). The standard InChI is InChI=1S/C18H34N4O2/c1-14(2)24-13-17(23)12-20(3)10-15-7-6-8-21(4)18(15)16-9-19-22(5)11-16/h9,11,14-15,17-18,23H,6-8,10,12-13H2,1-5H3/t15-,17?,18+/m0/s1. The van der Waals surface area contributed by atoms with E-state index in [4.69, 9.17) is 4.74 Å². The molecule has 2 heterocycles. The highest BCUT2D eigenvalue weighted by Crippen LogP contribution is 2.35. The summed E-state index contributed by atoms with van der Waals surface area (Å²) in [6.07, 6.45) is 6.29. The fourth-order valence-electron chi connectivity index (χ4n) is 3.76. The summed E-state index contributed by atoms with van der Waals surface area (Å²) in [6.45, 7) is 7.14. The Morgan fingerprint density at radius 3 is 2.79 bits per heavy atom. The molecule has 138 valence electrons. The van der Waals surface area contributed by atoms with Gasteiger partial charge in [-0.05, 0) is 53.2 Å². The van der Waals surface area contributed by atoms with Gasteiger partial charge in [-0.15, -0.1) is 0 Å². The highest BCUT2D eigenvalue weighted by Gasteiger charge is 2.32. The zero-order chi connectivity index (χ0) is 17.7. The quantitative estimate of drug-likeness (QED) is 0.779. The molecule has 1 aromatic heterocycles. The molecule has 0 spiro atoms. The minimum atomic E-state index is -0.435. The Balaban J connectivity index is 1.92. The monoisotopic (exact) mass is 338 g/mol. The molecule has 3 atom stereocenters. The van der Waals surface area contributed by atoms with Crippen molar-refractivity contribution in [3.63, 3.8) is 0 Å². The number of rotatable bonds is 8. The first-order chi connectivity index (χ1) is 11.4. The first-order valence-corrected chi connectivity index (χ1v) is 9.03. The predicted molar refractivity (Wildman–Crippen MR) is 95.9 cm³/mol. The normalized spacial score (nSPS) is 24.0. The molecule has 24 heavy (non-hydrogen) atoms. The summed E-state index contributed by atoms with van der Waals surface area (Å²) in [7, 11) is 6.27. The molecule has 1 aliphatic rings. The molecule has 0 amide bonds. The molecule has 1 unspecified atom stereocenters. The molecule has 0 aliphatic carbocycles. The third-order valence-electron chi connectivity index (χ3n) is 4.76. The second-order valence-electron chi connectivity index (χ2n) is 7.53. The highest BCUT2D eigenvalue weighted by molar-refractivity contribution is 5.13. The van der Waals surface area contributed by atoms with Crippen LogP contribution in [0.1, 0.15) is 38.3 Å². The van der Waals surface area contributed by atoms with Gasteiger partial charge in [-0.2, -0.15) is 5.10 Å². The van der Waals surface area contributed by atoms with E-state index in [1.54, 1.807) is 0 Å². The smallest absolute Gasteiger partial charge is 0.0900 e. The van der Waals surface area contributed by atoms with Crippen LogP contribution in [0.5, 0.6) is 0 Å². The molecule has 1 saturated heterocycles. The first kappa shape index (κ1) is 19.4. The molecular weight excluding hydrogens is 304 g/mol. The molecule has 0 saturated carbocycles. The van der Waals surface area contributed by atoms with E-state index in [-0.39, 0.29) is 6.10 Å². The fraction of sp³-hybridized carbons (Fsp3) is 0.833. The minimum Gasteiger partial charge on any atom is -0.389 e. The number of piperidine rings is 1. The van der Waals surface area contributed by atoms with Crippen LogP contribution in [0.4, 0.5) is 0 Å². The Morgan fingerprint density at radius 2 is 2.17 bits per heavy atom. The van der Waals surface area contributed by atoms with Gasteiger partial charge in [0, 0.05) is 37.9 Å². The molecule has 1 fully saturated rings. The SMILES string of the molecule is CC(C)OCC(O)CN(C)C[C@@H]1CCCN(C)[C@H]1c1cnn(C)c1. The summed E-state index contributed by atoms with van der Waals surface area (Å²) in [6, 6.07) is 0.402. The number of aliphatic hydroxyl groups is 1. The largest absolute Gasteiger partial charge is 0.389 e. The fourth-order valence-corrected chi connectivity index (χ4v) is 3.76. The maximum atomic E-state index is 10.1. The van der Waals surface area contributed by atoms with Crippen molar-refractivity contribution in [1.29, 1.82) is 0 Å². The zero-order valence-corrected chi connectivity index (χ0v) is 15.9. The van der Waals surface area contributed by atoms with Gasteiger partial charge >= 0.3 is 0 Å². The average molecular weight is 338 g/mol. The number of likely N-dealkylation sites (tertiary alicyclic amines) is 1. The molecule has 1 aliphatic heterocycles. The van der Waals surface area contributed by atoms with Crippen LogP contribution < -0.4 is 0 Å². The summed E-state index contributed by atoms with van der Waals surface area (Å²) in [5, 5.41) is 14.5. The second-order valence-corrected chi connectivity index (χ2v) is 7.53. The van der Waals surface area contributed by atoms with E-state index < -0.39 is 6.10 Å². The van der Waals surface area contributed by atoms with Crippen molar-refractivity contribution < 1.29 is 9.84 Å². The minimum absolute atomic E-state index is 0.159. The van der Waals surface area contributed by atoms with Gasteiger partial charge in [-0.25, -0.2) is 0 Å². The van der Waals surface area contributed by atoms with Crippen molar-refractivity contribution in [2.24, 2.45) is 13.0 Å². The van der Waals surface area contributed by atoms with Gasteiger partial charge in [0.1, 0.15) is 0 Å². The number of aryl methyl sites for hydroxylation is 1. The van der Waals surface area contributed by atoms with Crippen LogP contribution in [0.2, 0.25) is 0 Å². The third-order valence-corrected chi connectivity index (χ3v) is 4.76. The van der Waals surface area contributed by atoms with Crippen molar-refractivity contribution in [3.8, 4) is 0 Å². The van der Waals surface area contributed by atoms with Crippen LogP contribution in [0.3, 0.4) is 0 Å². The number of hydrogen-bond donors (Lipinski definition) is 1. The Hall–Kier alpha value is -0.950. The van der Waals surface area contributed by atoms with E-state index in [9.17, 15) is 5.11 Å². The average Bonchev–Trinajstić information content (AvgIpc) is 2.91. The van der Waals surface area contributed by atoms with Gasteiger partial charge < -0.3 is 14.7 Å². The molecule has 1 aromatic rings. The Kier molecular flexibility index (Phi) is 7.22. The zero-order valence-electron chi connectivity index (χ0n) is 15.9. The van der Waals surface area contributed by atoms with Crippen LogP contribution in [0.15, 0.2) is 12.4 Å². The Morgan fingerprint density at radius 1 is 1.42 bits per heavy atom. The number of aromatic nitrogens is 2. The van der Waals surface area contributed by atoms with Gasteiger partial charge in [0.2, 0.25) is 0 Å². The van der Waals surface area contributed by atoms with E-state index in [1.807, 2.05) is 31.8 Å². The summed E-state index contributed by atoms with van der Waals surface area (Å²) in [5.74, 6) is 0.552. The highest BCUT2D eigenvalue weighted by atomic mass is 16.5. The van der Waals surface area contributed by atoms with E-state index >= 15 is 0 Å². The number of aliphatic hydroxyl groups excluding tert-OH is 1.